The first-order chi connectivity index (χ1) is 18.1. The first-order valence-corrected chi connectivity index (χ1v) is 14.0. The van der Waals surface area contributed by atoms with E-state index in [9.17, 15) is 4.79 Å². The summed E-state index contributed by atoms with van der Waals surface area (Å²) in [4.78, 5) is 10.6. The number of carboxylic acids is 1. The molecule has 0 aromatic heterocycles. The van der Waals surface area contributed by atoms with E-state index in [0.717, 1.165) is 32.1 Å². The smallest absolute Gasteiger partial charge is 0.305 e. The second-order valence-electron chi connectivity index (χ2n) is 9.82. The van der Waals surface area contributed by atoms with Gasteiger partial charge in [0.2, 0.25) is 0 Å². The highest BCUT2D eigenvalue weighted by Gasteiger charge is 2.56. The monoisotopic (exact) mass is 522 g/mol. The quantitative estimate of drug-likeness (QED) is 0.203. The summed E-state index contributed by atoms with van der Waals surface area (Å²) in [5, 5.41) is 14.6. The molecule has 1 saturated carbocycles. The van der Waals surface area contributed by atoms with Crippen molar-refractivity contribution in [1.29, 1.82) is 0 Å². The van der Waals surface area contributed by atoms with Crippen LogP contribution in [-0.4, -0.2) is 43.5 Å². The van der Waals surface area contributed by atoms with Gasteiger partial charge in [0.25, 0.3) is 0 Å². The Morgan fingerprint density at radius 1 is 1.05 bits per heavy atom. The minimum Gasteiger partial charge on any atom is -0.481 e. The molecule has 3 atom stereocenters. The first-order valence-electron chi connectivity index (χ1n) is 13.1. The van der Waals surface area contributed by atoms with Crippen LogP contribution < -0.4 is 9.86 Å². The van der Waals surface area contributed by atoms with Crippen LogP contribution in [0.1, 0.15) is 49.7 Å². The van der Waals surface area contributed by atoms with Crippen molar-refractivity contribution < 1.29 is 19.4 Å². The number of benzene rings is 2. The van der Waals surface area contributed by atoms with Crippen molar-refractivity contribution in [1.82, 2.24) is 4.72 Å². The maximum atomic E-state index is 10.6. The molecule has 0 spiro atoms. The average Bonchev–Trinajstić information content (AvgIpc) is 3.43. The summed E-state index contributed by atoms with van der Waals surface area (Å²) >= 11 is 1.22. The third-order valence-electron chi connectivity index (χ3n) is 7.76. The topological polar surface area (TPSA) is 93.8 Å². The van der Waals surface area contributed by atoms with E-state index in [-0.39, 0.29) is 18.4 Å². The van der Waals surface area contributed by atoms with Gasteiger partial charge in [0.15, 0.2) is 0 Å². The van der Waals surface area contributed by atoms with E-state index in [4.69, 9.17) is 26.3 Å². The lowest BCUT2D eigenvalue weighted by Crippen LogP contribution is -2.35. The molecule has 6 nitrogen and oxygen atoms in total. The van der Waals surface area contributed by atoms with E-state index >= 15 is 0 Å². The lowest BCUT2D eigenvalue weighted by atomic mass is 9.66. The van der Waals surface area contributed by atoms with E-state index in [1.165, 1.54) is 40.0 Å². The van der Waals surface area contributed by atoms with Crippen LogP contribution >= 0.6 is 12.1 Å². The molecular weight excluding hydrogens is 484 g/mol. The Labute approximate surface area is 224 Å². The Kier molecular flexibility index (Phi) is 10.00. The number of fused-ring (bicyclic) bond motifs is 1. The Balaban J connectivity index is 1.53. The summed E-state index contributed by atoms with van der Waals surface area (Å²) in [6.07, 6.45) is 4.74. The molecule has 7 heteroatoms. The number of carboxylic acid groups (broad SMARTS) is 1. The van der Waals surface area contributed by atoms with E-state index in [2.05, 4.69) is 65.4 Å². The van der Waals surface area contributed by atoms with E-state index in [1.807, 2.05) is 0 Å². The Hall–Kier alpha value is -2.42. The molecule has 2 aromatic carbocycles. The molecule has 0 heterocycles. The molecule has 1 fully saturated rings. The predicted octanol–water partition coefficient (Wildman–Crippen LogP) is 5.72. The van der Waals surface area contributed by atoms with Gasteiger partial charge < -0.3 is 14.6 Å². The summed E-state index contributed by atoms with van der Waals surface area (Å²) in [5.41, 5.74) is 6.37. The van der Waals surface area contributed by atoms with Gasteiger partial charge in [0.1, 0.15) is 0 Å². The molecule has 4 N–H and O–H groups in total. The fourth-order valence-electron chi connectivity index (χ4n) is 6.19. The van der Waals surface area contributed by atoms with Crippen LogP contribution in [0, 0.1) is 11.3 Å². The van der Waals surface area contributed by atoms with Crippen LogP contribution in [0.15, 0.2) is 72.8 Å². The molecule has 37 heavy (non-hydrogen) atoms. The number of ether oxygens (including phenoxy) is 2. The standard InChI is InChI=1S/C30H38N2O4S/c1-22(23-9-4-2-5-10-23)30-16-13-27(32-37-31)26(30)21-25(29(30)24-11-6-3-7-12-24)14-19-35-17-8-18-36-20-15-28(33)34/h2-7,9-12,26-27,32H,1,8,13-21,31H2,(H,33,34). The van der Waals surface area contributed by atoms with Crippen molar-refractivity contribution in [3.63, 3.8) is 0 Å². The molecule has 0 aliphatic heterocycles. The van der Waals surface area contributed by atoms with Crippen molar-refractivity contribution in [2.75, 3.05) is 26.4 Å². The molecule has 3 unspecified atom stereocenters. The molecule has 0 amide bonds. The van der Waals surface area contributed by atoms with E-state index in [1.54, 1.807) is 0 Å². The highest BCUT2D eigenvalue weighted by Crippen LogP contribution is 2.66. The van der Waals surface area contributed by atoms with Gasteiger partial charge in [-0.15, -0.1) is 0 Å². The van der Waals surface area contributed by atoms with Gasteiger partial charge >= 0.3 is 5.97 Å². The number of rotatable bonds is 15. The maximum Gasteiger partial charge on any atom is 0.305 e. The van der Waals surface area contributed by atoms with E-state index in [0.29, 0.717) is 31.8 Å². The number of nitrogens with two attached hydrogens (primary N) is 1. The van der Waals surface area contributed by atoms with E-state index < -0.39 is 5.97 Å². The third kappa shape index (κ3) is 6.36. The first kappa shape index (κ1) is 27.6. The van der Waals surface area contributed by atoms with Crippen molar-refractivity contribution in [3.8, 4) is 0 Å². The van der Waals surface area contributed by atoms with Crippen LogP contribution in [0.3, 0.4) is 0 Å². The van der Waals surface area contributed by atoms with Gasteiger partial charge in [-0.25, -0.2) is 4.72 Å². The molecule has 0 saturated heterocycles. The Morgan fingerprint density at radius 3 is 2.41 bits per heavy atom. The Bertz CT molecular complexity index is 1080. The van der Waals surface area contributed by atoms with Crippen LogP contribution in [0.2, 0.25) is 0 Å². The zero-order chi connectivity index (χ0) is 26.1. The maximum absolute atomic E-state index is 10.6. The molecule has 2 aromatic rings. The second kappa shape index (κ2) is 13.4. The van der Waals surface area contributed by atoms with Crippen molar-refractivity contribution in [2.45, 2.75) is 44.6 Å². The van der Waals surface area contributed by atoms with Crippen LogP contribution in [0.25, 0.3) is 11.1 Å². The molecule has 2 aliphatic rings. The number of aliphatic carboxylic acids is 1. The van der Waals surface area contributed by atoms with Crippen LogP contribution in [-0.2, 0) is 14.3 Å². The summed E-state index contributed by atoms with van der Waals surface area (Å²) in [7, 11) is 0. The zero-order valence-corrected chi connectivity index (χ0v) is 22.2. The largest absolute Gasteiger partial charge is 0.481 e. The minimum atomic E-state index is -0.838. The van der Waals surface area contributed by atoms with Gasteiger partial charge in [0.05, 0.1) is 19.6 Å². The normalized spacial score (nSPS) is 22.8. The summed E-state index contributed by atoms with van der Waals surface area (Å²) in [5.74, 6) is -0.459. The Morgan fingerprint density at radius 2 is 1.73 bits per heavy atom. The number of allylic oxidation sites excluding steroid dienone is 2. The summed E-state index contributed by atoms with van der Waals surface area (Å²) < 4.78 is 14.8. The molecule has 0 bridgehead atoms. The number of carbonyl (C=O) groups is 1. The van der Waals surface area contributed by atoms with Gasteiger partial charge in [-0.05, 0) is 60.3 Å². The molecule has 4 rings (SSSR count). The van der Waals surface area contributed by atoms with Crippen molar-refractivity contribution in [3.05, 3.63) is 83.9 Å². The van der Waals surface area contributed by atoms with Gasteiger partial charge in [-0.2, -0.15) is 0 Å². The highest BCUT2D eigenvalue weighted by molar-refractivity contribution is 7.95. The number of hydrogen-bond acceptors (Lipinski definition) is 6. The third-order valence-corrected chi connectivity index (χ3v) is 8.20. The van der Waals surface area contributed by atoms with Gasteiger partial charge in [0, 0.05) is 36.8 Å². The zero-order valence-electron chi connectivity index (χ0n) is 21.4. The number of hydrogen-bond donors (Lipinski definition) is 3. The average molecular weight is 523 g/mol. The predicted molar refractivity (Wildman–Crippen MR) is 150 cm³/mol. The van der Waals surface area contributed by atoms with Crippen molar-refractivity contribution in [2.24, 2.45) is 16.5 Å². The lowest BCUT2D eigenvalue weighted by Gasteiger charge is -2.37. The molecule has 0 radical (unpaired) electrons. The fourth-order valence-corrected chi connectivity index (χ4v) is 6.65. The molecule has 198 valence electrons. The molecular formula is C30H38N2O4S. The molecule has 2 aliphatic carbocycles. The summed E-state index contributed by atoms with van der Waals surface area (Å²) in [6, 6.07) is 21.7. The summed E-state index contributed by atoms with van der Waals surface area (Å²) in [6.45, 7) is 6.72. The highest BCUT2D eigenvalue weighted by atomic mass is 32.2. The fraction of sp³-hybridized carbons (Fsp3) is 0.433. The van der Waals surface area contributed by atoms with Crippen LogP contribution in [0.5, 0.6) is 0 Å². The van der Waals surface area contributed by atoms with Gasteiger partial charge in [-0.3, -0.25) is 9.93 Å². The van der Waals surface area contributed by atoms with Crippen molar-refractivity contribution >= 4 is 29.2 Å². The minimum absolute atomic E-state index is 0.0347. The SMILES string of the molecule is C=C(c1ccccc1)C12CCC(NSN)C1CC(CCOCCCOCCC(=O)O)=C2c1ccccc1. The lowest BCUT2D eigenvalue weighted by molar-refractivity contribution is -0.138. The number of nitrogens with one attached hydrogen (secondary N) is 1. The second-order valence-corrected chi connectivity index (χ2v) is 10.3. The van der Waals surface area contributed by atoms with Gasteiger partial charge in [-0.1, -0.05) is 72.8 Å². The van der Waals surface area contributed by atoms with Crippen LogP contribution in [0.4, 0.5) is 0 Å².